The van der Waals surface area contributed by atoms with Gasteiger partial charge >= 0.3 is 6.03 Å². The fourth-order valence-corrected chi connectivity index (χ4v) is 2.20. The Bertz CT molecular complexity index is 713. The van der Waals surface area contributed by atoms with Crippen LogP contribution in [-0.2, 0) is 4.79 Å². The molecule has 2 N–H and O–H groups in total. The molecule has 0 bridgehead atoms. The molecule has 0 unspecified atom stereocenters. The Morgan fingerprint density at radius 3 is 2.96 bits per heavy atom. The molecule has 1 aromatic carbocycles. The molecule has 24 heavy (non-hydrogen) atoms. The lowest BCUT2D eigenvalue weighted by molar-refractivity contribution is -0.120. The highest BCUT2D eigenvalue weighted by molar-refractivity contribution is 6.07. The summed E-state index contributed by atoms with van der Waals surface area (Å²) in [5.74, 6) is -0.312. The van der Waals surface area contributed by atoms with E-state index in [1.54, 1.807) is 12.1 Å². The standard InChI is InChI=1S/C14H16N6O4/c1-24-11-3-2-9(13(22)16-5-6-17-19-15)8-10(11)20-7-4-12(21)18-14(20)23/h2-3,8H,4-7H2,1H3,(H,16,22)(H,18,21,23). The van der Waals surface area contributed by atoms with Crippen LogP contribution in [-0.4, -0.2) is 44.6 Å². The minimum Gasteiger partial charge on any atom is -0.495 e. The number of amides is 4. The molecule has 0 saturated carbocycles. The van der Waals surface area contributed by atoms with Crippen LogP contribution >= 0.6 is 0 Å². The van der Waals surface area contributed by atoms with E-state index in [9.17, 15) is 14.4 Å². The van der Waals surface area contributed by atoms with E-state index >= 15 is 0 Å². The SMILES string of the molecule is COc1ccc(C(=O)NCCN=[N+]=[N-])cc1N1CCC(=O)NC1=O. The lowest BCUT2D eigenvalue weighted by atomic mass is 10.1. The summed E-state index contributed by atoms with van der Waals surface area (Å²) in [4.78, 5) is 39.3. The van der Waals surface area contributed by atoms with Crippen LogP contribution in [0.1, 0.15) is 16.8 Å². The molecule has 0 radical (unpaired) electrons. The van der Waals surface area contributed by atoms with Gasteiger partial charge in [-0.3, -0.25) is 19.8 Å². The number of nitrogens with one attached hydrogen (secondary N) is 2. The van der Waals surface area contributed by atoms with E-state index in [-0.39, 0.29) is 37.9 Å². The number of imide groups is 1. The van der Waals surface area contributed by atoms with Gasteiger partial charge in [-0.25, -0.2) is 4.79 Å². The molecule has 0 aromatic heterocycles. The number of hydrogen-bond acceptors (Lipinski definition) is 5. The fraction of sp³-hybridized carbons (Fsp3) is 0.357. The van der Waals surface area contributed by atoms with Gasteiger partial charge in [0.2, 0.25) is 5.91 Å². The van der Waals surface area contributed by atoms with Gasteiger partial charge in [0.25, 0.3) is 5.91 Å². The molecule has 2 rings (SSSR count). The summed E-state index contributed by atoms with van der Waals surface area (Å²) < 4.78 is 5.23. The first kappa shape index (κ1) is 17.1. The van der Waals surface area contributed by atoms with Crippen molar-refractivity contribution in [3.8, 4) is 5.75 Å². The molecule has 10 heteroatoms. The van der Waals surface area contributed by atoms with Gasteiger partial charge in [-0.05, 0) is 23.7 Å². The van der Waals surface area contributed by atoms with E-state index in [0.717, 1.165) is 0 Å². The monoisotopic (exact) mass is 332 g/mol. The maximum atomic E-state index is 12.1. The fourth-order valence-electron chi connectivity index (χ4n) is 2.20. The van der Waals surface area contributed by atoms with Crippen LogP contribution in [0.15, 0.2) is 23.3 Å². The largest absolute Gasteiger partial charge is 0.495 e. The van der Waals surface area contributed by atoms with Crippen LogP contribution in [0.25, 0.3) is 10.4 Å². The molecule has 1 aliphatic rings. The predicted octanol–water partition coefficient (Wildman–Crippen LogP) is 1.18. The molecule has 126 valence electrons. The summed E-state index contributed by atoms with van der Waals surface area (Å²) in [6.07, 6.45) is 0.164. The Labute approximate surface area is 137 Å². The van der Waals surface area contributed by atoms with E-state index in [2.05, 4.69) is 20.7 Å². The van der Waals surface area contributed by atoms with E-state index in [4.69, 9.17) is 10.3 Å². The van der Waals surface area contributed by atoms with Crippen molar-refractivity contribution in [2.45, 2.75) is 6.42 Å². The first-order valence-electron chi connectivity index (χ1n) is 7.15. The summed E-state index contributed by atoms with van der Waals surface area (Å²) in [5.41, 5.74) is 8.90. The number of anilines is 1. The molecule has 1 saturated heterocycles. The maximum Gasteiger partial charge on any atom is 0.328 e. The third-order valence-corrected chi connectivity index (χ3v) is 3.35. The van der Waals surface area contributed by atoms with E-state index in [0.29, 0.717) is 17.0 Å². The Kier molecular flexibility index (Phi) is 5.58. The number of hydrogen-bond donors (Lipinski definition) is 2. The zero-order valence-electron chi connectivity index (χ0n) is 13.0. The molecule has 0 atom stereocenters. The number of methoxy groups -OCH3 is 1. The second-order valence-electron chi connectivity index (χ2n) is 4.85. The molecule has 1 aromatic rings. The lowest BCUT2D eigenvalue weighted by Crippen LogP contribution is -2.49. The van der Waals surface area contributed by atoms with Crippen LogP contribution in [0.2, 0.25) is 0 Å². The van der Waals surface area contributed by atoms with E-state index < -0.39 is 6.03 Å². The summed E-state index contributed by atoms with van der Waals surface area (Å²) in [7, 11) is 1.45. The molecular weight excluding hydrogens is 316 g/mol. The summed E-state index contributed by atoms with van der Waals surface area (Å²) in [6, 6.07) is 4.07. The molecule has 10 nitrogen and oxygen atoms in total. The number of benzene rings is 1. The Morgan fingerprint density at radius 2 is 2.29 bits per heavy atom. The van der Waals surface area contributed by atoms with Crippen molar-refractivity contribution < 1.29 is 19.1 Å². The van der Waals surface area contributed by atoms with Gasteiger partial charge in [0, 0.05) is 36.5 Å². The first-order valence-corrected chi connectivity index (χ1v) is 7.15. The van der Waals surface area contributed by atoms with Crippen LogP contribution < -0.4 is 20.3 Å². The predicted molar refractivity (Wildman–Crippen MR) is 84.8 cm³/mol. The van der Waals surface area contributed by atoms with Crippen LogP contribution in [0.3, 0.4) is 0 Å². The number of carbonyl (C=O) groups excluding carboxylic acids is 3. The smallest absolute Gasteiger partial charge is 0.328 e. The molecule has 1 fully saturated rings. The van der Waals surface area contributed by atoms with Crippen molar-refractivity contribution in [1.29, 1.82) is 0 Å². The highest BCUT2D eigenvalue weighted by Crippen LogP contribution is 2.30. The number of urea groups is 1. The first-order chi connectivity index (χ1) is 11.6. The van der Waals surface area contributed by atoms with Crippen molar-refractivity contribution in [3.05, 3.63) is 34.2 Å². The van der Waals surface area contributed by atoms with Gasteiger partial charge in [-0.2, -0.15) is 0 Å². The lowest BCUT2D eigenvalue weighted by Gasteiger charge is -2.28. The number of rotatable bonds is 6. The average molecular weight is 332 g/mol. The second kappa shape index (κ2) is 7.84. The minimum absolute atomic E-state index is 0.141. The minimum atomic E-state index is -0.564. The zero-order chi connectivity index (χ0) is 17.5. The third-order valence-electron chi connectivity index (χ3n) is 3.35. The normalized spacial score (nSPS) is 13.8. The molecule has 0 spiro atoms. The van der Waals surface area contributed by atoms with Crippen molar-refractivity contribution >= 4 is 23.5 Å². The van der Waals surface area contributed by atoms with Gasteiger partial charge in [0.15, 0.2) is 0 Å². The average Bonchev–Trinajstić information content (AvgIpc) is 2.58. The quantitative estimate of drug-likeness (QED) is 0.350. The van der Waals surface area contributed by atoms with Gasteiger partial charge in [-0.15, -0.1) is 0 Å². The number of azide groups is 1. The topological polar surface area (TPSA) is 136 Å². The Morgan fingerprint density at radius 1 is 1.50 bits per heavy atom. The zero-order valence-corrected chi connectivity index (χ0v) is 13.0. The summed E-state index contributed by atoms with van der Waals surface area (Å²) in [5, 5.41) is 8.15. The second-order valence-corrected chi connectivity index (χ2v) is 4.85. The van der Waals surface area contributed by atoms with Gasteiger partial charge < -0.3 is 10.1 Å². The Hall–Kier alpha value is -3.26. The highest BCUT2D eigenvalue weighted by Gasteiger charge is 2.27. The molecule has 1 heterocycles. The van der Waals surface area contributed by atoms with Crippen LogP contribution in [0.5, 0.6) is 5.75 Å². The van der Waals surface area contributed by atoms with Gasteiger partial charge in [0.05, 0.1) is 12.8 Å². The van der Waals surface area contributed by atoms with Crippen LogP contribution in [0.4, 0.5) is 10.5 Å². The maximum absolute atomic E-state index is 12.1. The number of carbonyl (C=O) groups is 3. The summed E-state index contributed by atoms with van der Waals surface area (Å²) in [6.45, 7) is 0.536. The molecular formula is C14H16N6O4. The van der Waals surface area contributed by atoms with E-state index in [1.807, 2.05) is 0 Å². The number of nitrogens with zero attached hydrogens (tertiary/aromatic N) is 4. The van der Waals surface area contributed by atoms with Crippen LogP contribution in [0, 0.1) is 0 Å². The van der Waals surface area contributed by atoms with E-state index in [1.165, 1.54) is 18.1 Å². The Balaban J connectivity index is 2.21. The van der Waals surface area contributed by atoms with Crippen molar-refractivity contribution in [3.63, 3.8) is 0 Å². The van der Waals surface area contributed by atoms with Crippen molar-refractivity contribution in [1.82, 2.24) is 10.6 Å². The molecule has 1 aliphatic heterocycles. The van der Waals surface area contributed by atoms with Crippen molar-refractivity contribution in [2.75, 3.05) is 31.6 Å². The molecule has 4 amide bonds. The van der Waals surface area contributed by atoms with Gasteiger partial charge in [-0.1, -0.05) is 5.11 Å². The van der Waals surface area contributed by atoms with Crippen molar-refractivity contribution in [2.24, 2.45) is 5.11 Å². The third kappa shape index (κ3) is 3.93. The highest BCUT2D eigenvalue weighted by atomic mass is 16.5. The number of ether oxygens (including phenoxy) is 1. The summed E-state index contributed by atoms with van der Waals surface area (Å²) >= 11 is 0. The van der Waals surface area contributed by atoms with Gasteiger partial charge in [0.1, 0.15) is 5.75 Å². The molecule has 0 aliphatic carbocycles.